The summed E-state index contributed by atoms with van der Waals surface area (Å²) in [7, 11) is 4.84. The van der Waals surface area contributed by atoms with Gasteiger partial charge < -0.3 is 19.1 Å². The van der Waals surface area contributed by atoms with Crippen molar-refractivity contribution in [1.29, 1.82) is 0 Å². The molecule has 8 heteroatoms. The Balaban J connectivity index is 1.53. The average Bonchev–Trinajstić information content (AvgIpc) is 2.84. The smallest absolute Gasteiger partial charge is 0.255 e. The Kier molecular flexibility index (Phi) is 6.58. The summed E-state index contributed by atoms with van der Waals surface area (Å²) in [4.78, 5) is 23.8. The molecule has 0 atom stereocenters. The molecule has 0 N–H and O–H groups in total. The second kappa shape index (κ2) is 9.72. The third kappa shape index (κ3) is 4.39. The van der Waals surface area contributed by atoms with Gasteiger partial charge in [-0.15, -0.1) is 0 Å². The van der Waals surface area contributed by atoms with Crippen molar-refractivity contribution >= 4 is 5.95 Å². The van der Waals surface area contributed by atoms with Crippen LogP contribution in [-0.4, -0.2) is 49.0 Å². The zero-order valence-corrected chi connectivity index (χ0v) is 18.7. The van der Waals surface area contributed by atoms with Crippen LogP contribution >= 0.6 is 0 Å². The predicted octanol–water partition coefficient (Wildman–Crippen LogP) is 3.17. The Morgan fingerprint density at radius 2 is 1.69 bits per heavy atom. The molecule has 1 aromatic carbocycles. The summed E-state index contributed by atoms with van der Waals surface area (Å²) in [6.07, 6.45) is 6.08. The summed E-state index contributed by atoms with van der Waals surface area (Å²) in [5.74, 6) is 2.64. The minimum absolute atomic E-state index is 0.0175. The van der Waals surface area contributed by atoms with Crippen LogP contribution in [0.4, 0.5) is 5.95 Å². The van der Waals surface area contributed by atoms with Gasteiger partial charge in [0.2, 0.25) is 11.7 Å². The van der Waals surface area contributed by atoms with Crippen LogP contribution in [0, 0.1) is 0 Å². The Bertz CT molecular complexity index is 1110. The summed E-state index contributed by atoms with van der Waals surface area (Å²) in [5.41, 5.74) is 2.66. The fraction of sp³-hybridized carbons (Fsp3) is 0.375. The van der Waals surface area contributed by atoms with Crippen molar-refractivity contribution in [2.24, 2.45) is 0 Å². The number of ether oxygens (including phenoxy) is 3. The number of rotatable bonds is 8. The number of aromatic nitrogens is 3. The fourth-order valence-corrected chi connectivity index (χ4v) is 4.10. The number of hydrogen-bond donors (Lipinski definition) is 0. The number of nitrogens with zero attached hydrogens (tertiary/aromatic N) is 4. The van der Waals surface area contributed by atoms with Crippen LogP contribution < -0.4 is 24.7 Å². The van der Waals surface area contributed by atoms with Crippen LogP contribution in [0.2, 0.25) is 0 Å². The van der Waals surface area contributed by atoms with Crippen LogP contribution in [-0.2, 0) is 13.0 Å². The van der Waals surface area contributed by atoms with Crippen molar-refractivity contribution in [3.05, 3.63) is 58.6 Å². The van der Waals surface area contributed by atoms with E-state index in [1.54, 1.807) is 44.4 Å². The molecule has 2 aromatic heterocycles. The third-order valence-corrected chi connectivity index (χ3v) is 5.67. The second-order valence-corrected chi connectivity index (χ2v) is 7.64. The molecule has 3 heterocycles. The first-order valence-corrected chi connectivity index (χ1v) is 10.7. The maximum atomic E-state index is 12.7. The van der Waals surface area contributed by atoms with Gasteiger partial charge >= 0.3 is 0 Å². The van der Waals surface area contributed by atoms with Crippen molar-refractivity contribution < 1.29 is 14.2 Å². The van der Waals surface area contributed by atoms with Gasteiger partial charge in [0, 0.05) is 43.7 Å². The van der Waals surface area contributed by atoms with E-state index in [9.17, 15) is 4.79 Å². The van der Waals surface area contributed by atoms with Crippen LogP contribution in [0.3, 0.4) is 0 Å². The Morgan fingerprint density at radius 1 is 0.969 bits per heavy atom. The molecule has 0 radical (unpaired) electrons. The lowest BCUT2D eigenvalue weighted by molar-refractivity contribution is 0.323. The van der Waals surface area contributed by atoms with Crippen molar-refractivity contribution in [2.45, 2.75) is 25.8 Å². The van der Waals surface area contributed by atoms with E-state index in [0.29, 0.717) is 29.5 Å². The molecule has 0 amide bonds. The van der Waals surface area contributed by atoms with Gasteiger partial charge in [-0.3, -0.25) is 14.3 Å². The van der Waals surface area contributed by atoms with E-state index in [2.05, 4.69) is 9.88 Å². The summed E-state index contributed by atoms with van der Waals surface area (Å²) in [6.45, 7) is 2.37. The van der Waals surface area contributed by atoms with E-state index in [0.717, 1.165) is 49.4 Å². The molecule has 4 rings (SSSR count). The summed E-state index contributed by atoms with van der Waals surface area (Å²) in [5, 5.41) is 0. The molecular weight excluding hydrogens is 408 g/mol. The number of pyridine rings is 1. The van der Waals surface area contributed by atoms with Crippen molar-refractivity contribution in [3.8, 4) is 28.5 Å². The Hall–Kier alpha value is -3.55. The molecule has 168 valence electrons. The fourth-order valence-electron chi connectivity index (χ4n) is 4.10. The normalized spacial score (nSPS) is 12.9. The second-order valence-electron chi connectivity index (χ2n) is 7.64. The molecule has 1 aliphatic rings. The topological polar surface area (TPSA) is 78.7 Å². The summed E-state index contributed by atoms with van der Waals surface area (Å²) in [6, 6.07) is 9.32. The van der Waals surface area contributed by atoms with Crippen LogP contribution in [0.15, 0.2) is 47.5 Å². The average molecular weight is 437 g/mol. The van der Waals surface area contributed by atoms with E-state index in [4.69, 9.17) is 19.2 Å². The Labute approximate surface area is 187 Å². The molecule has 0 spiro atoms. The highest BCUT2D eigenvalue weighted by Crippen LogP contribution is 2.38. The van der Waals surface area contributed by atoms with Crippen LogP contribution in [0.25, 0.3) is 11.3 Å². The number of benzene rings is 1. The van der Waals surface area contributed by atoms with E-state index < -0.39 is 0 Å². The number of anilines is 1. The number of methoxy groups -OCH3 is 3. The molecule has 0 unspecified atom stereocenters. The SMILES string of the molecule is COc1cc(CCCN2CCCn3c2nc(-c2ccncc2)cc3=O)cc(OC)c1OC. The van der Waals surface area contributed by atoms with Gasteiger partial charge in [-0.05, 0) is 49.1 Å². The molecular formula is C24H28N4O4. The van der Waals surface area contributed by atoms with Crippen molar-refractivity contribution in [3.63, 3.8) is 0 Å². The molecule has 0 fully saturated rings. The highest BCUT2D eigenvalue weighted by Gasteiger charge is 2.21. The molecule has 0 saturated heterocycles. The lowest BCUT2D eigenvalue weighted by Gasteiger charge is -2.31. The highest BCUT2D eigenvalue weighted by molar-refractivity contribution is 5.59. The lowest BCUT2D eigenvalue weighted by Crippen LogP contribution is -2.39. The minimum atomic E-state index is -0.0175. The van der Waals surface area contributed by atoms with Crippen molar-refractivity contribution in [1.82, 2.24) is 14.5 Å². The summed E-state index contributed by atoms with van der Waals surface area (Å²) < 4.78 is 18.1. The minimum Gasteiger partial charge on any atom is -0.493 e. The maximum absolute atomic E-state index is 12.7. The van der Waals surface area contributed by atoms with E-state index in [1.807, 2.05) is 24.3 Å². The molecule has 0 aliphatic carbocycles. The molecule has 0 saturated carbocycles. The highest BCUT2D eigenvalue weighted by atomic mass is 16.5. The number of fused-ring (bicyclic) bond motifs is 1. The zero-order valence-electron chi connectivity index (χ0n) is 18.7. The van der Waals surface area contributed by atoms with Gasteiger partial charge in [-0.25, -0.2) is 4.98 Å². The molecule has 0 bridgehead atoms. The maximum Gasteiger partial charge on any atom is 0.255 e. The molecule has 1 aliphatic heterocycles. The van der Waals surface area contributed by atoms with Crippen LogP contribution in [0.1, 0.15) is 18.4 Å². The third-order valence-electron chi connectivity index (χ3n) is 5.67. The summed E-state index contributed by atoms with van der Waals surface area (Å²) >= 11 is 0. The number of hydrogen-bond acceptors (Lipinski definition) is 7. The zero-order chi connectivity index (χ0) is 22.5. The number of aryl methyl sites for hydroxylation is 1. The molecule has 32 heavy (non-hydrogen) atoms. The first-order chi connectivity index (χ1) is 15.6. The Morgan fingerprint density at radius 3 is 2.34 bits per heavy atom. The van der Waals surface area contributed by atoms with Gasteiger partial charge in [0.05, 0.1) is 27.0 Å². The quantitative estimate of drug-likeness (QED) is 0.537. The van der Waals surface area contributed by atoms with Crippen molar-refractivity contribution in [2.75, 3.05) is 39.3 Å². The van der Waals surface area contributed by atoms with Gasteiger partial charge in [0.1, 0.15) is 0 Å². The van der Waals surface area contributed by atoms with Gasteiger partial charge in [-0.1, -0.05) is 0 Å². The van der Waals surface area contributed by atoms with Gasteiger partial charge in [0.15, 0.2) is 11.5 Å². The first kappa shape index (κ1) is 21.7. The first-order valence-electron chi connectivity index (χ1n) is 10.7. The van der Waals surface area contributed by atoms with E-state index in [-0.39, 0.29) is 5.56 Å². The van der Waals surface area contributed by atoms with Gasteiger partial charge in [-0.2, -0.15) is 0 Å². The molecule has 8 nitrogen and oxygen atoms in total. The lowest BCUT2D eigenvalue weighted by atomic mass is 10.1. The largest absolute Gasteiger partial charge is 0.493 e. The van der Waals surface area contributed by atoms with E-state index in [1.165, 1.54) is 0 Å². The van der Waals surface area contributed by atoms with Crippen LogP contribution in [0.5, 0.6) is 17.2 Å². The standard InChI is InChI=1S/C24H28N4O4/c1-30-20-14-17(15-21(31-2)23(20)32-3)6-4-11-27-12-5-13-28-22(29)16-19(26-24(27)28)18-7-9-25-10-8-18/h7-10,14-16H,4-6,11-13H2,1-3H3. The van der Waals surface area contributed by atoms with Gasteiger partial charge in [0.25, 0.3) is 5.56 Å². The monoisotopic (exact) mass is 436 g/mol. The molecule has 3 aromatic rings. The van der Waals surface area contributed by atoms with E-state index >= 15 is 0 Å². The predicted molar refractivity (Wildman–Crippen MR) is 123 cm³/mol.